The molecule has 0 spiro atoms. The van der Waals surface area contributed by atoms with Crippen LogP contribution in [-0.4, -0.2) is 43.4 Å². The van der Waals surface area contributed by atoms with Gasteiger partial charge in [0.2, 0.25) is 16.0 Å². The fraction of sp³-hybridized carbons (Fsp3) is 0.900. The van der Waals surface area contributed by atoms with Crippen LogP contribution in [0.5, 0.6) is 0 Å². The maximum absolute atomic E-state index is 11.6. The van der Waals surface area contributed by atoms with Crippen molar-refractivity contribution in [3.8, 4) is 0 Å². The van der Waals surface area contributed by atoms with Gasteiger partial charge in [0.15, 0.2) is 0 Å². The molecule has 7 heteroatoms. The predicted molar refractivity (Wildman–Crippen MR) is 69.1 cm³/mol. The van der Waals surface area contributed by atoms with E-state index in [9.17, 15) is 8.42 Å². The standard InChI is InChI=1S/C10H22N4O2S/c1-8(2)17(15,16)13-9-11-6-14(7-12-9)10(3,4)5/h8H,6-7H2,1-5H3,(H2,11,12,13). The van der Waals surface area contributed by atoms with Crippen molar-refractivity contribution in [3.05, 3.63) is 0 Å². The third kappa shape index (κ3) is 3.85. The molecule has 1 rings (SSSR count). The average Bonchev–Trinajstić information content (AvgIpc) is 2.16. The Hall–Kier alpha value is -0.820. The first-order chi connectivity index (χ1) is 7.63. The molecule has 0 unspecified atom stereocenters. The highest BCUT2D eigenvalue weighted by Gasteiger charge is 2.25. The Morgan fingerprint density at radius 1 is 1.41 bits per heavy atom. The van der Waals surface area contributed by atoms with Crippen LogP contribution < -0.4 is 10.0 Å². The van der Waals surface area contributed by atoms with Crippen molar-refractivity contribution in [2.75, 3.05) is 13.3 Å². The van der Waals surface area contributed by atoms with Gasteiger partial charge in [0.1, 0.15) is 0 Å². The zero-order chi connectivity index (χ0) is 13.3. The van der Waals surface area contributed by atoms with Crippen molar-refractivity contribution in [1.82, 2.24) is 14.9 Å². The lowest BCUT2D eigenvalue weighted by Crippen LogP contribution is -2.55. The van der Waals surface area contributed by atoms with Crippen molar-refractivity contribution in [1.29, 1.82) is 0 Å². The molecule has 2 N–H and O–H groups in total. The highest BCUT2D eigenvalue weighted by Crippen LogP contribution is 2.13. The third-order valence-electron chi connectivity index (χ3n) is 2.65. The van der Waals surface area contributed by atoms with Gasteiger partial charge in [-0.1, -0.05) is 0 Å². The number of hydrogen-bond acceptors (Lipinski definition) is 5. The molecular weight excluding hydrogens is 240 g/mol. The molecule has 1 aliphatic heterocycles. The van der Waals surface area contributed by atoms with Crippen LogP contribution in [0.3, 0.4) is 0 Å². The zero-order valence-electron chi connectivity index (χ0n) is 11.1. The summed E-state index contributed by atoms with van der Waals surface area (Å²) < 4.78 is 25.7. The Morgan fingerprint density at radius 3 is 2.35 bits per heavy atom. The van der Waals surface area contributed by atoms with Crippen molar-refractivity contribution in [3.63, 3.8) is 0 Å². The quantitative estimate of drug-likeness (QED) is 0.750. The molecule has 1 aliphatic rings. The van der Waals surface area contributed by atoms with E-state index in [1.165, 1.54) is 0 Å². The largest absolute Gasteiger partial charge is 0.343 e. The number of aliphatic imine (C=N–C) groups is 1. The minimum Gasteiger partial charge on any atom is -0.343 e. The summed E-state index contributed by atoms with van der Waals surface area (Å²) in [5, 5.41) is 2.51. The van der Waals surface area contributed by atoms with E-state index in [1.54, 1.807) is 13.8 Å². The molecule has 0 aromatic rings. The Morgan fingerprint density at radius 2 is 2.00 bits per heavy atom. The lowest BCUT2D eigenvalue weighted by molar-refractivity contribution is 0.130. The molecular formula is C10H22N4O2S. The van der Waals surface area contributed by atoms with E-state index in [0.29, 0.717) is 19.3 Å². The van der Waals surface area contributed by atoms with E-state index >= 15 is 0 Å². The molecule has 17 heavy (non-hydrogen) atoms. The zero-order valence-corrected chi connectivity index (χ0v) is 11.9. The summed E-state index contributed by atoms with van der Waals surface area (Å²) in [5.74, 6) is 0.333. The van der Waals surface area contributed by atoms with E-state index in [2.05, 4.69) is 40.7 Å². The van der Waals surface area contributed by atoms with Gasteiger partial charge in [-0.05, 0) is 34.6 Å². The molecule has 6 nitrogen and oxygen atoms in total. The Kier molecular flexibility index (Phi) is 4.03. The molecule has 0 aliphatic carbocycles. The number of guanidine groups is 1. The Labute approximate surface area is 104 Å². The summed E-state index contributed by atoms with van der Waals surface area (Å²) in [6, 6.07) is 0. The first-order valence-electron chi connectivity index (χ1n) is 5.68. The van der Waals surface area contributed by atoms with Crippen LogP contribution in [0.1, 0.15) is 34.6 Å². The number of hydrogen-bond donors (Lipinski definition) is 2. The second-order valence-corrected chi connectivity index (χ2v) is 7.63. The minimum atomic E-state index is -3.31. The van der Waals surface area contributed by atoms with Gasteiger partial charge in [-0.25, -0.2) is 13.4 Å². The van der Waals surface area contributed by atoms with Crippen LogP contribution in [0.4, 0.5) is 0 Å². The molecule has 0 aromatic carbocycles. The monoisotopic (exact) mass is 262 g/mol. The van der Waals surface area contributed by atoms with Gasteiger partial charge in [-0.3, -0.25) is 9.62 Å². The topological polar surface area (TPSA) is 73.8 Å². The second kappa shape index (κ2) is 4.81. The molecule has 1 heterocycles. The molecule has 0 atom stereocenters. The molecule has 0 amide bonds. The summed E-state index contributed by atoms with van der Waals surface area (Å²) in [6.07, 6.45) is 0. The lowest BCUT2D eigenvalue weighted by Gasteiger charge is -2.37. The van der Waals surface area contributed by atoms with E-state index in [4.69, 9.17) is 0 Å². The van der Waals surface area contributed by atoms with Gasteiger partial charge in [0, 0.05) is 5.54 Å². The smallest absolute Gasteiger partial charge is 0.237 e. The van der Waals surface area contributed by atoms with Crippen LogP contribution in [-0.2, 0) is 10.0 Å². The molecule has 100 valence electrons. The maximum atomic E-state index is 11.6. The second-order valence-electron chi connectivity index (χ2n) is 5.39. The van der Waals surface area contributed by atoms with E-state index in [-0.39, 0.29) is 5.54 Å². The number of sulfonamides is 1. The van der Waals surface area contributed by atoms with Crippen molar-refractivity contribution >= 4 is 16.0 Å². The SMILES string of the molecule is CC(C)S(=O)(=O)NC1=NCN(C(C)(C)C)CN1. The molecule has 0 saturated heterocycles. The van der Waals surface area contributed by atoms with Gasteiger partial charge < -0.3 is 5.32 Å². The number of nitrogens with zero attached hydrogens (tertiary/aromatic N) is 2. The first kappa shape index (κ1) is 14.2. The van der Waals surface area contributed by atoms with Crippen molar-refractivity contribution in [2.45, 2.75) is 45.4 Å². The summed E-state index contributed by atoms with van der Waals surface area (Å²) in [4.78, 5) is 6.30. The molecule has 0 fully saturated rings. The molecule has 0 aromatic heterocycles. The van der Waals surface area contributed by atoms with Crippen LogP contribution in [0.2, 0.25) is 0 Å². The predicted octanol–water partition coefficient (Wildman–Crippen LogP) is 0.289. The fourth-order valence-electron chi connectivity index (χ4n) is 1.20. The van der Waals surface area contributed by atoms with Crippen LogP contribution >= 0.6 is 0 Å². The van der Waals surface area contributed by atoms with E-state index in [1.807, 2.05) is 0 Å². The van der Waals surface area contributed by atoms with E-state index in [0.717, 1.165) is 0 Å². The molecule has 0 radical (unpaired) electrons. The molecule has 0 saturated carbocycles. The Balaban J connectivity index is 2.65. The molecule has 0 bridgehead atoms. The number of rotatable bonds is 2. The maximum Gasteiger partial charge on any atom is 0.237 e. The average molecular weight is 262 g/mol. The minimum absolute atomic E-state index is 0.0129. The first-order valence-corrected chi connectivity index (χ1v) is 7.22. The Bertz CT molecular complexity index is 395. The lowest BCUT2D eigenvalue weighted by atomic mass is 10.1. The van der Waals surface area contributed by atoms with Crippen molar-refractivity contribution < 1.29 is 8.42 Å². The van der Waals surface area contributed by atoms with Gasteiger partial charge in [-0.2, -0.15) is 0 Å². The highest BCUT2D eigenvalue weighted by atomic mass is 32.2. The highest BCUT2D eigenvalue weighted by molar-refractivity contribution is 7.90. The number of nitrogens with one attached hydrogen (secondary N) is 2. The summed E-state index contributed by atoms with van der Waals surface area (Å²) in [5.41, 5.74) is 0.0129. The summed E-state index contributed by atoms with van der Waals surface area (Å²) in [6.45, 7) is 10.6. The van der Waals surface area contributed by atoms with Gasteiger partial charge in [0.05, 0.1) is 18.6 Å². The van der Waals surface area contributed by atoms with Crippen molar-refractivity contribution in [2.24, 2.45) is 4.99 Å². The third-order valence-corrected chi connectivity index (χ3v) is 4.36. The summed E-state index contributed by atoms with van der Waals surface area (Å²) >= 11 is 0. The van der Waals surface area contributed by atoms with E-state index < -0.39 is 15.3 Å². The van der Waals surface area contributed by atoms with Gasteiger partial charge >= 0.3 is 0 Å². The van der Waals surface area contributed by atoms with Crippen LogP contribution in [0.25, 0.3) is 0 Å². The van der Waals surface area contributed by atoms with Crippen LogP contribution in [0, 0.1) is 0 Å². The summed E-state index contributed by atoms with van der Waals surface area (Å²) in [7, 11) is -3.31. The van der Waals surface area contributed by atoms with Gasteiger partial charge in [-0.15, -0.1) is 0 Å². The normalized spacial score (nSPS) is 18.8. The van der Waals surface area contributed by atoms with Gasteiger partial charge in [0.25, 0.3) is 0 Å². The fourth-order valence-corrected chi connectivity index (χ4v) is 1.84. The van der Waals surface area contributed by atoms with Crippen LogP contribution in [0.15, 0.2) is 4.99 Å².